The summed E-state index contributed by atoms with van der Waals surface area (Å²) < 4.78 is 0. The van der Waals surface area contributed by atoms with Crippen molar-refractivity contribution in [2.45, 2.75) is 18.8 Å². The molecule has 3 rings (SSSR count). The lowest BCUT2D eigenvalue weighted by Gasteiger charge is -2.23. The topological polar surface area (TPSA) is 55.1 Å². The van der Waals surface area contributed by atoms with Crippen LogP contribution in [0, 0.1) is 0 Å². The molecular weight excluding hydrogens is 296 g/mol. The molecule has 0 saturated carbocycles. The molecule has 0 spiro atoms. The third-order valence-electron chi connectivity index (χ3n) is 3.75. The molecule has 1 aliphatic rings. The van der Waals surface area contributed by atoms with Crippen LogP contribution in [-0.2, 0) is 4.79 Å². The van der Waals surface area contributed by atoms with Gasteiger partial charge in [0.05, 0.1) is 0 Å². The highest BCUT2D eigenvalue weighted by Crippen LogP contribution is 2.32. The maximum Gasteiger partial charge on any atom is 0.158 e. The van der Waals surface area contributed by atoms with E-state index in [-0.39, 0.29) is 11.7 Å². The molecule has 0 saturated heterocycles. The van der Waals surface area contributed by atoms with Crippen molar-refractivity contribution >= 4 is 28.8 Å². The van der Waals surface area contributed by atoms with E-state index in [0.717, 1.165) is 17.8 Å². The number of ketones is 1. The van der Waals surface area contributed by atoms with Crippen LogP contribution in [0.1, 0.15) is 24.3 Å². The lowest BCUT2D eigenvalue weighted by atomic mass is 9.85. The van der Waals surface area contributed by atoms with Crippen molar-refractivity contribution in [3.05, 3.63) is 70.9 Å². The van der Waals surface area contributed by atoms with Crippen LogP contribution in [0.25, 0.3) is 0 Å². The average Bonchev–Trinajstić information content (AvgIpc) is 2.46. The van der Waals surface area contributed by atoms with Gasteiger partial charge < -0.3 is 11.1 Å². The highest BCUT2D eigenvalue weighted by Gasteiger charge is 2.22. The number of nitrogen functional groups attached to an aromatic ring is 1. The fourth-order valence-electron chi connectivity index (χ4n) is 2.81. The Balaban J connectivity index is 1.80. The molecule has 2 aromatic rings. The smallest absolute Gasteiger partial charge is 0.158 e. The van der Waals surface area contributed by atoms with Gasteiger partial charge in [0.15, 0.2) is 5.78 Å². The van der Waals surface area contributed by atoms with Crippen molar-refractivity contribution in [3.63, 3.8) is 0 Å². The molecule has 1 unspecified atom stereocenters. The van der Waals surface area contributed by atoms with Gasteiger partial charge in [-0.05, 0) is 36.1 Å². The Morgan fingerprint density at radius 2 is 1.86 bits per heavy atom. The van der Waals surface area contributed by atoms with Crippen molar-refractivity contribution in [2.24, 2.45) is 0 Å². The summed E-state index contributed by atoms with van der Waals surface area (Å²) in [5.74, 6) is 0.343. The minimum Gasteiger partial charge on any atom is -0.399 e. The van der Waals surface area contributed by atoms with Crippen LogP contribution < -0.4 is 11.1 Å². The summed E-state index contributed by atoms with van der Waals surface area (Å²) in [5.41, 5.74) is 9.28. The van der Waals surface area contributed by atoms with Gasteiger partial charge >= 0.3 is 0 Å². The van der Waals surface area contributed by atoms with Gasteiger partial charge in [-0.25, -0.2) is 0 Å². The molecular formula is C18H17ClN2O. The van der Waals surface area contributed by atoms with E-state index < -0.39 is 0 Å². The first-order valence-electron chi connectivity index (χ1n) is 7.21. The van der Waals surface area contributed by atoms with Crippen LogP contribution >= 0.6 is 11.6 Å². The Morgan fingerprint density at radius 1 is 1.09 bits per heavy atom. The number of allylic oxidation sites excluding steroid dienone is 2. The van der Waals surface area contributed by atoms with E-state index >= 15 is 0 Å². The van der Waals surface area contributed by atoms with Crippen LogP contribution in [-0.4, -0.2) is 5.78 Å². The molecule has 0 aliphatic heterocycles. The fraction of sp³-hybridized carbons (Fsp3) is 0.167. The zero-order valence-electron chi connectivity index (χ0n) is 12.1. The normalized spacial score (nSPS) is 18.0. The summed E-state index contributed by atoms with van der Waals surface area (Å²) in [7, 11) is 0. The molecule has 3 N–H and O–H groups in total. The van der Waals surface area contributed by atoms with E-state index in [0.29, 0.717) is 17.1 Å². The first-order valence-corrected chi connectivity index (χ1v) is 7.59. The van der Waals surface area contributed by atoms with Gasteiger partial charge in [-0.1, -0.05) is 41.9 Å². The molecule has 22 heavy (non-hydrogen) atoms. The zero-order valence-corrected chi connectivity index (χ0v) is 12.8. The largest absolute Gasteiger partial charge is 0.399 e. The van der Waals surface area contributed by atoms with Crippen molar-refractivity contribution in [2.75, 3.05) is 11.1 Å². The summed E-state index contributed by atoms with van der Waals surface area (Å²) in [4.78, 5) is 12.0. The number of nitrogens with two attached hydrogens (primary N) is 1. The standard InChI is InChI=1S/C18H17ClN2O/c19-14-8-15(20)10-17(9-14)21-16-6-13(7-18(22)11-16)12-4-2-1-3-5-12/h1-5,8-11,13,21H,6-7,20H2. The Bertz CT molecular complexity index is 705. The second-order valence-electron chi connectivity index (χ2n) is 5.55. The number of hydrogen-bond acceptors (Lipinski definition) is 3. The fourth-order valence-corrected chi connectivity index (χ4v) is 3.05. The third-order valence-corrected chi connectivity index (χ3v) is 3.96. The van der Waals surface area contributed by atoms with Gasteiger partial charge in [0.2, 0.25) is 0 Å². The zero-order chi connectivity index (χ0) is 15.5. The van der Waals surface area contributed by atoms with E-state index in [1.807, 2.05) is 24.3 Å². The molecule has 4 heteroatoms. The summed E-state index contributed by atoms with van der Waals surface area (Å²) in [6.07, 6.45) is 3.02. The number of rotatable bonds is 3. The molecule has 0 fully saturated rings. The summed E-state index contributed by atoms with van der Waals surface area (Å²) in [6.45, 7) is 0. The van der Waals surface area contributed by atoms with E-state index in [4.69, 9.17) is 17.3 Å². The minimum atomic E-state index is 0.137. The second-order valence-corrected chi connectivity index (χ2v) is 5.99. The third kappa shape index (κ3) is 3.49. The average molecular weight is 313 g/mol. The van der Waals surface area contributed by atoms with Crippen molar-refractivity contribution in [3.8, 4) is 0 Å². The van der Waals surface area contributed by atoms with E-state index in [9.17, 15) is 4.79 Å². The number of halogens is 1. The van der Waals surface area contributed by atoms with Gasteiger partial charge in [-0.15, -0.1) is 0 Å². The predicted molar refractivity (Wildman–Crippen MR) is 91.0 cm³/mol. The number of carbonyl (C=O) groups is 1. The van der Waals surface area contributed by atoms with Gasteiger partial charge in [-0.2, -0.15) is 0 Å². The molecule has 1 atom stereocenters. The summed E-state index contributed by atoms with van der Waals surface area (Å²) in [6, 6.07) is 15.4. The van der Waals surface area contributed by atoms with Crippen LogP contribution in [0.3, 0.4) is 0 Å². The number of benzene rings is 2. The number of carbonyl (C=O) groups excluding carboxylic acids is 1. The van der Waals surface area contributed by atoms with E-state index in [1.165, 1.54) is 5.56 Å². The lowest BCUT2D eigenvalue weighted by Crippen LogP contribution is -2.16. The Kier molecular flexibility index (Phi) is 4.16. The Labute approximate surface area is 134 Å². The monoisotopic (exact) mass is 312 g/mol. The lowest BCUT2D eigenvalue weighted by molar-refractivity contribution is -0.115. The molecule has 3 nitrogen and oxygen atoms in total. The quantitative estimate of drug-likeness (QED) is 0.828. The van der Waals surface area contributed by atoms with Crippen LogP contribution in [0.2, 0.25) is 5.02 Å². The highest BCUT2D eigenvalue weighted by molar-refractivity contribution is 6.31. The van der Waals surface area contributed by atoms with Gasteiger partial charge in [-0.3, -0.25) is 4.79 Å². The van der Waals surface area contributed by atoms with Crippen LogP contribution in [0.5, 0.6) is 0 Å². The number of nitrogens with one attached hydrogen (secondary N) is 1. The van der Waals surface area contributed by atoms with Crippen molar-refractivity contribution in [1.29, 1.82) is 0 Å². The molecule has 0 amide bonds. The summed E-state index contributed by atoms with van der Waals surface area (Å²) in [5, 5.41) is 3.84. The van der Waals surface area contributed by atoms with Crippen LogP contribution in [0.4, 0.5) is 11.4 Å². The Morgan fingerprint density at radius 3 is 2.59 bits per heavy atom. The molecule has 0 bridgehead atoms. The van der Waals surface area contributed by atoms with E-state index in [1.54, 1.807) is 18.2 Å². The molecule has 0 radical (unpaired) electrons. The molecule has 0 aromatic heterocycles. The summed E-state index contributed by atoms with van der Waals surface area (Å²) >= 11 is 6.01. The van der Waals surface area contributed by atoms with Crippen molar-refractivity contribution in [1.82, 2.24) is 0 Å². The Hall–Kier alpha value is -2.26. The highest BCUT2D eigenvalue weighted by atomic mass is 35.5. The first kappa shape index (κ1) is 14.7. The van der Waals surface area contributed by atoms with Gasteiger partial charge in [0.1, 0.15) is 0 Å². The number of hydrogen-bond donors (Lipinski definition) is 2. The molecule has 112 valence electrons. The molecule has 1 aliphatic carbocycles. The SMILES string of the molecule is Nc1cc(Cl)cc(NC2=CC(=O)CC(c3ccccc3)C2)c1. The van der Waals surface area contributed by atoms with Crippen molar-refractivity contribution < 1.29 is 4.79 Å². The van der Waals surface area contributed by atoms with Crippen LogP contribution in [0.15, 0.2) is 60.3 Å². The number of anilines is 2. The minimum absolute atomic E-state index is 0.137. The maximum absolute atomic E-state index is 12.0. The van der Waals surface area contributed by atoms with Gasteiger partial charge in [0.25, 0.3) is 0 Å². The first-order chi connectivity index (χ1) is 10.6. The van der Waals surface area contributed by atoms with Gasteiger partial charge in [0, 0.05) is 34.6 Å². The molecule has 2 aromatic carbocycles. The molecule has 0 heterocycles. The maximum atomic E-state index is 12.0. The van der Waals surface area contributed by atoms with E-state index in [2.05, 4.69) is 17.4 Å². The second kappa shape index (κ2) is 6.24. The predicted octanol–water partition coefficient (Wildman–Crippen LogP) is 4.36.